The Morgan fingerprint density at radius 1 is 0.933 bits per heavy atom. The average molecular weight is 397 g/mol. The van der Waals surface area contributed by atoms with Crippen LogP contribution in [0, 0.1) is 13.8 Å². The Balaban J connectivity index is 1.51. The molecular formula is C25H23N3O2. The largest absolute Gasteiger partial charge is 0.348 e. The molecule has 150 valence electrons. The molecule has 0 unspecified atom stereocenters. The molecule has 0 saturated carbocycles. The number of amides is 1. The van der Waals surface area contributed by atoms with Crippen molar-refractivity contribution in [1.29, 1.82) is 0 Å². The lowest BCUT2D eigenvalue weighted by Crippen LogP contribution is -2.25. The molecule has 1 amide bonds. The minimum atomic E-state index is -0.118. The summed E-state index contributed by atoms with van der Waals surface area (Å²) in [5.74, 6) is -0.118. The number of nitrogens with one attached hydrogen (secondary N) is 1. The van der Waals surface area contributed by atoms with Crippen LogP contribution in [0.1, 0.15) is 32.7 Å². The van der Waals surface area contributed by atoms with E-state index in [0.29, 0.717) is 24.3 Å². The summed E-state index contributed by atoms with van der Waals surface area (Å²) in [5, 5.41) is 2.96. The third kappa shape index (κ3) is 4.01. The number of aryl methyl sites for hydroxylation is 2. The van der Waals surface area contributed by atoms with E-state index in [-0.39, 0.29) is 11.5 Å². The van der Waals surface area contributed by atoms with Gasteiger partial charge in [0.15, 0.2) is 0 Å². The highest BCUT2D eigenvalue weighted by atomic mass is 16.1. The summed E-state index contributed by atoms with van der Waals surface area (Å²) in [4.78, 5) is 29.5. The van der Waals surface area contributed by atoms with Crippen molar-refractivity contribution in [3.8, 4) is 0 Å². The van der Waals surface area contributed by atoms with Crippen LogP contribution in [-0.2, 0) is 13.1 Å². The van der Waals surface area contributed by atoms with Crippen LogP contribution in [0.25, 0.3) is 11.0 Å². The minimum Gasteiger partial charge on any atom is -0.348 e. The van der Waals surface area contributed by atoms with Crippen molar-refractivity contribution in [1.82, 2.24) is 14.9 Å². The molecule has 0 atom stereocenters. The number of aromatic nitrogens is 2. The number of hydrogen-bond donors (Lipinski definition) is 1. The van der Waals surface area contributed by atoms with Crippen molar-refractivity contribution in [3.63, 3.8) is 0 Å². The summed E-state index contributed by atoms with van der Waals surface area (Å²) in [6.07, 6.45) is 0. The van der Waals surface area contributed by atoms with Crippen LogP contribution < -0.4 is 10.9 Å². The Morgan fingerprint density at radius 2 is 1.63 bits per heavy atom. The number of nitrogens with zero attached hydrogens (tertiary/aromatic N) is 2. The monoisotopic (exact) mass is 397 g/mol. The van der Waals surface area contributed by atoms with Gasteiger partial charge < -0.3 is 9.88 Å². The second kappa shape index (κ2) is 8.33. The molecule has 0 spiro atoms. The summed E-state index contributed by atoms with van der Waals surface area (Å²) < 4.78 is 1.73. The molecule has 0 aliphatic rings. The highest BCUT2D eigenvalue weighted by Crippen LogP contribution is 2.13. The van der Waals surface area contributed by atoms with E-state index in [4.69, 9.17) is 0 Å². The van der Waals surface area contributed by atoms with Crippen molar-refractivity contribution in [3.05, 3.63) is 111 Å². The molecule has 1 aromatic heterocycles. The molecule has 3 aromatic carbocycles. The molecular weight excluding hydrogens is 374 g/mol. The summed E-state index contributed by atoms with van der Waals surface area (Å²) in [5.41, 5.74) is 5.75. The van der Waals surface area contributed by atoms with E-state index >= 15 is 0 Å². The highest BCUT2D eigenvalue weighted by molar-refractivity contribution is 5.94. The number of carbonyl (C=O) groups is 1. The van der Waals surface area contributed by atoms with E-state index in [0.717, 1.165) is 27.7 Å². The Kier molecular flexibility index (Phi) is 5.44. The van der Waals surface area contributed by atoms with Crippen molar-refractivity contribution < 1.29 is 4.79 Å². The van der Waals surface area contributed by atoms with Gasteiger partial charge in [-0.15, -0.1) is 0 Å². The predicted molar refractivity (Wildman–Crippen MR) is 119 cm³/mol. The first kappa shape index (κ1) is 19.6. The second-order valence-electron chi connectivity index (χ2n) is 7.38. The summed E-state index contributed by atoms with van der Waals surface area (Å²) in [6, 6.07) is 23.0. The average Bonchev–Trinajstić information content (AvgIpc) is 2.76. The first-order valence-corrected chi connectivity index (χ1v) is 9.91. The lowest BCUT2D eigenvalue weighted by molar-refractivity contribution is 0.0951. The quantitative estimate of drug-likeness (QED) is 0.554. The first-order valence-electron chi connectivity index (χ1n) is 9.91. The van der Waals surface area contributed by atoms with E-state index in [1.165, 1.54) is 0 Å². The van der Waals surface area contributed by atoms with Gasteiger partial charge in [-0.25, -0.2) is 4.98 Å². The van der Waals surface area contributed by atoms with Crippen molar-refractivity contribution in [2.75, 3.05) is 0 Å². The summed E-state index contributed by atoms with van der Waals surface area (Å²) >= 11 is 0. The fraction of sp³-hybridized carbons (Fsp3) is 0.160. The van der Waals surface area contributed by atoms with Gasteiger partial charge in [-0.1, -0.05) is 48.5 Å². The van der Waals surface area contributed by atoms with Gasteiger partial charge >= 0.3 is 0 Å². The standard InChI is InChI=1S/C25H23N3O2/c1-17-7-3-4-8-21(17)15-26-24(29)20-13-11-19(12-14-20)16-28-23-10-6-5-9-22(23)27-18(2)25(28)30/h3-14H,15-16H2,1-2H3,(H,26,29). The van der Waals surface area contributed by atoms with Crippen LogP contribution in [-0.4, -0.2) is 15.5 Å². The van der Waals surface area contributed by atoms with Gasteiger partial charge in [0.1, 0.15) is 5.69 Å². The van der Waals surface area contributed by atoms with Crippen LogP contribution in [0.4, 0.5) is 0 Å². The minimum absolute atomic E-state index is 0.103. The Morgan fingerprint density at radius 3 is 2.40 bits per heavy atom. The van der Waals surface area contributed by atoms with Crippen LogP contribution in [0.5, 0.6) is 0 Å². The summed E-state index contributed by atoms with van der Waals surface area (Å²) in [7, 11) is 0. The fourth-order valence-corrected chi connectivity index (χ4v) is 3.51. The maximum Gasteiger partial charge on any atom is 0.272 e. The molecule has 0 bridgehead atoms. The molecule has 0 aliphatic carbocycles. The molecule has 1 N–H and O–H groups in total. The topological polar surface area (TPSA) is 64.0 Å². The number of hydrogen-bond acceptors (Lipinski definition) is 3. The van der Waals surface area contributed by atoms with Gasteiger partial charge in [-0.2, -0.15) is 0 Å². The third-order valence-corrected chi connectivity index (χ3v) is 5.27. The van der Waals surface area contributed by atoms with E-state index < -0.39 is 0 Å². The van der Waals surface area contributed by atoms with E-state index in [9.17, 15) is 9.59 Å². The molecule has 0 radical (unpaired) electrons. The van der Waals surface area contributed by atoms with Gasteiger partial charge in [0.25, 0.3) is 11.5 Å². The van der Waals surface area contributed by atoms with E-state index in [2.05, 4.69) is 10.3 Å². The lowest BCUT2D eigenvalue weighted by atomic mass is 10.1. The molecule has 30 heavy (non-hydrogen) atoms. The van der Waals surface area contributed by atoms with Crippen molar-refractivity contribution in [2.45, 2.75) is 26.9 Å². The SMILES string of the molecule is Cc1ccccc1CNC(=O)c1ccc(Cn2c(=O)c(C)nc3ccccc32)cc1. The Labute approximate surface area is 175 Å². The van der Waals surface area contributed by atoms with E-state index in [1.54, 1.807) is 23.6 Å². The molecule has 4 rings (SSSR count). The molecule has 0 aliphatic heterocycles. The lowest BCUT2D eigenvalue weighted by Gasteiger charge is -2.12. The van der Waals surface area contributed by atoms with Crippen molar-refractivity contribution in [2.24, 2.45) is 0 Å². The zero-order valence-corrected chi connectivity index (χ0v) is 17.1. The van der Waals surface area contributed by atoms with Crippen LogP contribution in [0.3, 0.4) is 0 Å². The maximum absolute atomic E-state index is 12.6. The molecule has 0 saturated heterocycles. The van der Waals surface area contributed by atoms with Gasteiger partial charge in [-0.3, -0.25) is 9.59 Å². The number of carbonyl (C=O) groups excluding carboxylic acids is 1. The predicted octanol–water partition coefficient (Wildman–Crippen LogP) is 3.99. The van der Waals surface area contributed by atoms with Crippen molar-refractivity contribution >= 4 is 16.9 Å². The first-order chi connectivity index (χ1) is 14.5. The van der Waals surface area contributed by atoms with Crippen LogP contribution >= 0.6 is 0 Å². The normalized spacial score (nSPS) is 10.9. The molecule has 4 aromatic rings. The van der Waals surface area contributed by atoms with E-state index in [1.807, 2.05) is 67.6 Å². The molecule has 0 fully saturated rings. The molecule has 5 heteroatoms. The van der Waals surface area contributed by atoms with Gasteiger partial charge in [-0.05, 0) is 54.8 Å². The molecule has 1 heterocycles. The summed E-state index contributed by atoms with van der Waals surface area (Å²) in [6.45, 7) is 4.68. The Hall–Kier alpha value is -3.73. The fourth-order valence-electron chi connectivity index (χ4n) is 3.51. The van der Waals surface area contributed by atoms with Gasteiger partial charge in [0.05, 0.1) is 17.6 Å². The second-order valence-corrected chi connectivity index (χ2v) is 7.38. The van der Waals surface area contributed by atoms with Crippen LogP contribution in [0.2, 0.25) is 0 Å². The maximum atomic E-state index is 12.6. The van der Waals surface area contributed by atoms with Gasteiger partial charge in [0, 0.05) is 12.1 Å². The number of fused-ring (bicyclic) bond motifs is 1. The number of rotatable bonds is 5. The smallest absolute Gasteiger partial charge is 0.272 e. The zero-order chi connectivity index (χ0) is 21.1. The third-order valence-electron chi connectivity index (χ3n) is 5.27. The number of benzene rings is 3. The number of para-hydroxylation sites is 2. The molecule has 5 nitrogen and oxygen atoms in total. The Bertz CT molecular complexity index is 1270. The highest BCUT2D eigenvalue weighted by Gasteiger charge is 2.10. The van der Waals surface area contributed by atoms with Crippen LogP contribution in [0.15, 0.2) is 77.6 Å². The van der Waals surface area contributed by atoms with Gasteiger partial charge in [0.2, 0.25) is 0 Å². The zero-order valence-electron chi connectivity index (χ0n) is 17.1.